The summed E-state index contributed by atoms with van der Waals surface area (Å²) in [6.07, 6.45) is -2.97. The second kappa shape index (κ2) is 7.72. The lowest BCUT2D eigenvalue weighted by atomic mass is 9.87. The Balaban J connectivity index is 1.87. The normalized spacial score (nSPS) is 18.8. The second-order valence-corrected chi connectivity index (χ2v) is 6.71. The van der Waals surface area contributed by atoms with Gasteiger partial charge in [-0.3, -0.25) is 4.90 Å². The van der Waals surface area contributed by atoms with Crippen molar-refractivity contribution in [2.24, 2.45) is 0 Å². The number of rotatable bonds is 6. The molecule has 1 heterocycles. The molecule has 0 atom stereocenters. The van der Waals surface area contributed by atoms with E-state index in [1.807, 2.05) is 0 Å². The molecule has 1 fully saturated rings. The molecule has 0 aliphatic carbocycles. The molecule has 1 aromatic rings. The highest BCUT2D eigenvalue weighted by molar-refractivity contribution is 5.27. The lowest BCUT2D eigenvalue weighted by molar-refractivity contribution is -0.274. The summed E-state index contributed by atoms with van der Waals surface area (Å²) in [6.45, 7) is 6.59. The highest BCUT2D eigenvalue weighted by atomic mass is 19.4. The molecule has 2 N–H and O–H groups in total. The lowest BCUT2D eigenvalue weighted by Gasteiger charge is -2.42. The van der Waals surface area contributed by atoms with Crippen LogP contribution in [0, 0.1) is 0 Å². The Morgan fingerprint density at radius 3 is 2.25 bits per heavy atom. The molecule has 4 nitrogen and oxygen atoms in total. The molecule has 1 aliphatic heterocycles. The van der Waals surface area contributed by atoms with E-state index in [-0.39, 0.29) is 17.9 Å². The molecule has 2 rings (SSSR count). The van der Waals surface area contributed by atoms with Crippen LogP contribution in [-0.4, -0.2) is 47.6 Å². The first-order valence-corrected chi connectivity index (χ1v) is 8.17. The van der Waals surface area contributed by atoms with Crippen LogP contribution in [0.5, 0.6) is 5.75 Å². The van der Waals surface area contributed by atoms with E-state index < -0.39 is 6.36 Å². The van der Waals surface area contributed by atoms with Crippen molar-refractivity contribution in [2.45, 2.75) is 51.2 Å². The summed E-state index contributed by atoms with van der Waals surface area (Å²) in [5, 5.41) is 13.2. The number of halogens is 3. The van der Waals surface area contributed by atoms with Crippen LogP contribution < -0.4 is 10.1 Å². The van der Waals surface area contributed by atoms with Crippen LogP contribution in [0.3, 0.4) is 0 Å². The minimum atomic E-state index is -4.66. The summed E-state index contributed by atoms with van der Waals surface area (Å²) >= 11 is 0. The molecular weight excluding hydrogens is 321 g/mol. The summed E-state index contributed by atoms with van der Waals surface area (Å²) in [6, 6.07) is 6.30. The third-order valence-corrected chi connectivity index (χ3v) is 4.27. The number of alkyl halides is 3. The average Bonchev–Trinajstić information content (AvgIpc) is 2.49. The van der Waals surface area contributed by atoms with Crippen molar-refractivity contribution in [3.8, 4) is 5.75 Å². The predicted octanol–water partition coefficient (Wildman–Crippen LogP) is 2.91. The minimum Gasteiger partial charge on any atom is -0.406 e. The van der Waals surface area contributed by atoms with Gasteiger partial charge in [0.1, 0.15) is 5.75 Å². The van der Waals surface area contributed by atoms with Crippen LogP contribution in [0.1, 0.15) is 32.3 Å². The summed E-state index contributed by atoms with van der Waals surface area (Å²) in [7, 11) is 0. The summed E-state index contributed by atoms with van der Waals surface area (Å²) in [5.41, 5.74) is 0.715. The van der Waals surface area contributed by atoms with Crippen LogP contribution in [-0.2, 0) is 6.54 Å². The first kappa shape index (κ1) is 19.0. The van der Waals surface area contributed by atoms with Crippen LogP contribution in [0.25, 0.3) is 0 Å². The maximum Gasteiger partial charge on any atom is 0.573 e. The fourth-order valence-electron chi connectivity index (χ4n) is 3.15. The monoisotopic (exact) mass is 346 g/mol. The lowest BCUT2D eigenvalue weighted by Crippen LogP contribution is -2.57. The number of aliphatic hydroxyl groups excluding tert-OH is 1. The summed E-state index contributed by atoms with van der Waals surface area (Å²) < 4.78 is 40.3. The Labute approximate surface area is 140 Å². The number of aliphatic hydroxyl groups is 1. The van der Waals surface area contributed by atoms with Gasteiger partial charge in [0.2, 0.25) is 0 Å². The largest absolute Gasteiger partial charge is 0.573 e. The van der Waals surface area contributed by atoms with Crippen molar-refractivity contribution >= 4 is 0 Å². The van der Waals surface area contributed by atoms with Crippen molar-refractivity contribution in [3.63, 3.8) is 0 Å². The SMILES string of the molecule is CC(C)NC1(CO)CCN(Cc2ccc(OC(F)(F)F)cc2)CC1. The molecular formula is C17H25F3N2O2. The molecule has 0 bridgehead atoms. The fourth-order valence-corrected chi connectivity index (χ4v) is 3.15. The number of hydrogen-bond donors (Lipinski definition) is 2. The molecule has 1 aromatic carbocycles. The van der Waals surface area contributed by atoms with Gasteiger partial charge in [-0.1, -0.05) is 26.0 Å². The Morgan fingerprint density at radius 1 is 1.21 bits per heavy atom. The van der Waals surface area contributed by atoms with Gasteiger partial charge in [-0.05, 0) is 30.5 Å². The van der Waals surface area contributed by atoms with Gasteiger partial charge in [0.25, 0.3) is 0 Å². The quantitative estimate of drug-likeness (QED) is 0.831. The minimum absolute atomic E-state index is 0.114. The highest BCUT2D eigenvalue weighted by Crippen LogP contribution is 2.26. The number of nitrogens with one attached hydrogen (secondary N) is 1. The van der Waals surface area contributed by atoms with Gasteiger partial charge in [0.05, 0.1) is 6.61 Å². The van der Waals surface area contributed by atoms with Gasteiger partial charge in [-0.2, -0.15) is 0 Å². The summed E-state index contributed by atoms with van der Waals surface area (Å²) in [4.78, 5) is 2.25. The maximum absolute atomic E-state index is 12.2. The number of nitrogens with zero attached hydrogens (tertiary/aromatic N) is 1. The molecule has 0 saturated carbocycles. The van der Waals surface area contributed by atoms with E-state index in [2.05, 4.69) is 28.8 Å². The maximum atomic E-state index is 12.2. The molecule has 24 heavy (non-hydrogen) atoms. The van der Waals surface area contributed by atoms with Crippen molar-refractivity contribution < 1.29 is 23.0 Å². The zero-order chi connectivity index (χ0) is 17.8. The zero-order valence-electron chi connectivity index (χ0n) is 14.1. The molecule has 0 amide bonds. The van der Waals surface area contributed by atoms with Gasteiger partial charge >= 0.3 is 6.36 Å². The smallest absolute Gasteiger partial charge is 0.406 e. The van der Waals surface area contributed by atoms with E-state index in [0.717, 1.165) is 31.5 Å². The molecule has 136 valence electrons. The van der Waals surface area contributed by atoms with Gasteiger partial charge in [-0.15, -0.1) is 13.2 Å². The average molecular weight is 346 g/mol. The zero-order valence-corrected chi connectivity index (χ0v) is 14.1. The van der Waals surface area contributed by atoms with Gasteiger partial charge in [0.15, 0.2) is 0 Å². The molecule has 1 aliphatic rings. The van der Waals surface area contributed by atoms with Crippen molar-refractivity contribution in [2.75, 3.05) is 19.7 Å². The Kier molecular flexibility index (Phi) is 6.11. The van der Waals surface area contributed by atoms with E-state index in [9.17, 15) is 18.3 Å². The van der Waals surface area contributed by atoms with Crippen LogP contribution >= 0.6 is 0 Å². The van der Waals surface area contributed by atoms with E-state index in [1.165, 1.54) is 12.1 Å². The number of likely N-dealkylation sites (tertiary alicyclic amines) is 1. The first-order valence-electron chi connectivity index (χ1n) is 8.17. The number of benzene rings is 1. The van der Waals surface area contributed by atoms with Crippen LogP contribution in [0.15, 0.2) is 24.3 Å². The predicted molar refractivity (Wildman–Crippen MR) is 85.7 cm³/mol. The first-order chi connectivity index (χ1) is 11.2. The number of piperidine rings is 1. The van der Waals surface area contributed by atoms with E-state index in [4.69, 9.17) is 0 Å². The second-order valence-electron chi connectivity index (χ2n) is 6.71. The standard InChI is InChI=1S/C17H25F3N2O2/c1-13(2)21-16(12-23)7-9-22(10-8-16)11-14-3-5-15(6-4-14)24-17(18,19)20/h3-6,13,21,23H,7-12H2,1-2H3. The highest BCUT2D eigenvalue weighted by Gasteiger charge is 2.34. The van der Waals surface area contributed by atoms with Crippen molar-refractivity contribution in [1.29, 1.82) is 0 Å². The van der Waals surface area contributed by atoms with Crippen LogP contribution in [0.4, 0.5) is 13.2 Å². The van der Waals surface area contributed by atoms with Crippen LogP contribution in [0.2, 0.25) is 0 Å². The van der Waals surface area contributed by atoms with Crippen molar-refractivity contribution in [3.05, 3.63) is 29.8 Å². The van der Waals surface area contributed by atoms with Gasteiger partial charge < -0.3 is 15.2 Å². The molecule has 0 aromatic heterocycles. The van der Waals surface area contributed by atoms with Crippen molar-refractivity contribution in [1.82, 2.24) is 10.2 Å². The topological polar surface area (TPSA) is 44.7 Å². The third kappa shape index (κ3) is 5.65. The Morgan fingerprint density at radius 2 is 1.79 bits per heavy atom. The van der Waals surface area contributed by atoms with E-state index in [1.54, 1.807) is 12.1 Å². The number of ether oxygens (including phenoxy) is 1. The third-order valence-electron chi connectivity index (χ3n) is 4.27. The van der Waals surface area contributed by atoms with E-state index in [0.29, 0.717) is 12.6 Å². The number of hydrogen-bond acceptors (Lipinski definition) is 4. The molecule has 0 radical (unpaired) electrons. The van der Waals surface area contributed by atoms with E-state index >= 15 is 0 Å². The Hall–Kier alpha value is -1.31. The summed E-state index contributed by atoms with van der Waals surface area (Å²) in [5.74, 6) is -0.203. The molecule has 0 unspecified atom stereocenters. The van der Waals surface area contributed by atoms with Gasteiger partial charge in [0, 0.05) is 31.2 Å². The Bertz CT molecular complexity index is 510. The molecule has 7 heteroatoms. The van der Waals surface area contributed by atoms with Gasteiger partial charge in [-0.25, -0.2) is 0 Å². The molecule has 0 spiro atoms. The molecule has 1 saturated heterocycles. The fraction of sp³-hybridized carbons (Fsp3) is 0.647.